The van der Waals surface area contributed by atoms with Crippen LogP contribution >= 0.6 is 11.8 Å². The maximum atomic E-state index is 4.47. The fraction of sp³-hybridized carbons (Fsp3) is 0.900. The number of aliphatic imine (C=N–C) groups is 1. The fourth-order valence-electron chi connectivity index (χ4n) is 0.993. The highest BCUT2D eigenvalue weighted by Crippen LogP contribution is 1.95. The van der Waals surface area contributed by atoms with E-state index < -0.39 is 0 Å². The zero-order valence-electron chi connectivity index (χ0n) is 9.76. The van der Waals surface area contributed by atoms with Gasteiger partial charge in [0.1, 0.15) is 0 Å². The molecule has 0 amide bonds. The summed E-state index contributed by atoms with van der Waals surface area (Å²) in [5.41, 5.74) is 0. The minimum Gasteiger partial charge on any atom is -0.357 e. The lowest BCUT2D eigenvalue weighted by Gasteiger charge is -2.13. The van der Waals surface area contributed by atoms with E-state index in [9.17, 15) is 0 Å². The van der Waals surface area contributed by atoms with E-state index in [0.29, 0.717) is 6.04 Å². The van der Waals surface area contributed by atoms with Crippen LogP contribution in [-0.2, 0) is 0 Å². The molecule has 0 saturated heterocycles. The first-order valence-electron chi connectivity index (χ1n) is 5.24. The number of hydrogen-bond acceptors (Lipinski definition) is 2. The monoisotopic (exact) mass is 217 g/mol. The van der Waals surface area contributed by atoms with E-state index in [0.717, 1.165) is 25.5 Å². The van der Waals surface area contributed by atoms with Crippen molar-refractivity contribution in [2.24, 2.45) is 4.99 Å². The summed E-state index contributed by atoms with van der Waals surface area (Å²) < 4.78 is 0. The normalized spacial score (nSPS) is 11.9. The Morgan fingerprint density at radius 2 is 2.14 bits per heavy atom. The quantitative estimate of drug-likeness (QED) is 0.404. The van der Waals surface area contributed by atoms with E-state index in [4.69, 9.17) is 0 Å². The third-order valence-corrected chi connectivity index (χ3v) is 2.24. The molecule has 0 aromatic heterocycles. The molecule has 0 radical (unpaired) electrons. The summed E-state index contributed by atoms with van der Waals surface area (Å²) in [4.78, 5) is 4.47. The van der Waals surface area contributed by atoms with Crippen molar-refractivity contribution in [3.63, 3.8) is 0 Å². The molecule has 0 bridgehead atoms. The van der Waals surface area contributed by atoms with Crippen LogP contribution in [0, 0.1) is 0 Å². The predicted octanol–water partition coefficient (Wildman–Crippen LogP) is 1.70. The second kappa shape index (κ2) is 9.19. The second-order valence-electron chi connectivity index (χ2n) is 3.41. The van der Waals surface area contributed by atoms with Gasteiger partial charge < -0.3 is 10.6 Å². The zero-order chi connectivity index (χ0) is 10.8. The van der Waals surface area contributed by atoms with E-state index in [1.54, 1.807) is 0 Å². The Morgan fingerprint density at radius 3 is 2.64 bits per heavy atom. The van der Waals surface area contributed by atoms with Crippen molar-refractivity contribution < 1.29 is 0 Å². The lowest BCUT2D eigenvalue weighted by molar-refractivity contribution is 0.699. The molecule has 0 rings (SSSR count). The summed E-state index contributed by atoms with van der Waals surface area (Å²) in [6.07, 6.45) is 3.27. The molecular formula is C10H23N3S. The maximum Gasteiger partial charge on any atom is 0.191 e. The van der Waals surface area contributed by atoms with Gasteiger partial charge in [-0.1, -0.05) is 0 Å². The van der Waals surface area contributed by atoms with Crippen LogP contribution in [0.4, 0.5) is 0 Å². The van der Waals surface area contributed by atoms with E-state index in [-0.39, 0.29) is 0 Å². The molecule has 0 heterocycles. The van der Waals surface area contributed by atoms with Crippen molar-refractivity contribution >= 4 is 17.7 Å². The van der Waals surface area contributed by atoms with Gasteiger partial charge >= 0.3 is 0 Å². The van der Waals surface area contributed by atoms with Crippen molar-refractivity contribution in [2.75, 3.05) is 25.1 Å². The number of hydrogen-bond donors (Lipinski definition) is 2. The standard InChI is InChI=1S/C10H23N3S/c1-5-11-10(13-9(2)3)12-7-6-8-14-4/h9H,5-8H2,1-4H3,(H2,11,12,13). The maximum absolute atomic E-state index is 4.47. The first kappa shape index (κ1) is 13.6. The molecule has 14 heavy (non-hydrogen) atoms. The highest BCUT2D eigenvalue weighted by molar-refractivity contribution is 7.98. The van der Waals surface area contributed by atoms with Gasteiger partial charge in [0.15, 0.2) is 5.96 Å². The summed E-state index contributed by atoms with van der Waals surface area (Å²) in [7, 11) is 0. The summed E-state index contributed by atoms with van der Waals surface area (Å²) in [5, 5.41) is 6.51. The average molecular weight is 217 g/mol. The molecule has 0 aromatic carbocycles. The number of thioether (sulfide) groups is 1. The number of nitrogens with zero attached hydrogens (tertiary/aromatic N) is 1. The van der Waals surface area contributed by atoms with Gasteiger partial charge in [0.25, 0.3) is 0 Å². The first-order valence-corrected chi connectivity index (χ1v) is 6.63. The molecule has 0 saturated carbocycles. The Kier molecular flexibility index (Phi) is 8.94. The predicted molar refractivity (Wildman–Crippen MR) is 67.2 cm³/mol. The molecule has 0 fully saturated rings. The van der Waals surface area contributed by atoms with Crippen molar-refractivity contribution in [1.82, 2.24) is 10.6 Å². The van der Waals surface area contributed by atoms with E-state index in [1.807, 2.05) is 11.8 Å². The van der Waals surface area contributed by atoms with E-state index in [1.165, 1.54) is 5.75 Å². The zero-order valence-corrected chi connectivity index (χ0v) is 10.6. The largest absolute Gasteiger partial charge is 0.357 e. The van der Waals surface area contributed by atoms with Crippen LogP contribution in [-0.4, -0.2) is 37.1 Å². The smallest absolute Gasteiger partial charge is 0.191 e. The molecule has 2 N–H and O–H groups in total. The Balaban J connectivity index is 3.79. The van der Waals surface area contributed by atoms with Gasteiger partial charge in [0.05, 0.1) is 0 Å². The lowest BCUT2D eigenvalue weighted by atomic mass is 10.4. The van der Waals surface area contributed by atoms with Gasteiger partial charge in [-0.15, -0.1) is 0 Å². The van der Waals surface area contributed by atoms with Crippen molar-refractivity contribution in [2.45, 2.75) is 33.2 Å². The Labute approximate surface area is 92.1 Å². The average Bonchev–Trinajstić information content (AvgIpc) is 2.12. The van der Waals surface area contributed by atoms with Gasteiger partial charge in [-0.05, 0) is 39.2 Å². The van der Waals surface area contributed by atoms with Gasteiger partial charge in [0, 0.05) is 19.1 Å². The molecule has 84 valence electrons. The minimum absolute atomic E-state index is 0.438. The van der Waals surface area contributed by atoms with E-state index >= 15 is 0 Å². The molecule has 3 nitrogen and oxygen atoms in total. The van der Waals surface area contributed by atoms with Gasteiger partial charge in [0.2, 0.25) is 0 Å². The molecule has 0 aliphatic rings. The van der Waals surface area contributed by atoms with Crippen LogP contribution in [0.3, 0.4) is 0 Å². The van der Waals surface area contributed by atoms with Crippen LogP contribution in [0.1, 0.15) is 27.2 Å². The highest BCUT2D eigenvalue weighted by atomic mass is 32.2. The molecule has 0 aromatic rings. The Morgan fingerprint density at radius 1 is 1.43 bits per heavy atom. The third kappa shape index (κ3) is 8.23. The van der Waals surface area contributed by atoms with Gasteiger partial charge in [-0.25, -0.2) is 0 Å². The number of guanidine groups is 1. The second-order valence-corrected chi connectivity index (χ2v) is 4.39. The van der Waals surface area contributed by atoms with Crippen molar-refractivity contribution in [3.8, 4) is 0 Å². The van der Waals surface area contributed by atoms with Gasteiger partial charge in [-0.3, -0.25) is 4.99 Å². The SMILES string of the molecule is CCNC(=NCCCSC)NC(C)C. The molecule has 0 atom stereocenters. The van der Waals surface area contributed by atoms with Crippen LogP contribution in [0.15, 0.2) is 4.99 Å². The molecule has 0 unspecified atom stereocenters. The summed E-state index contributed by atoms with van der Waals surface area (Å²) >= 11 is 1.87. The van der Waals surface area contributed by atoms with Crippen molar-refractivity contribution in [1.29, 1.82) is 0 Å². The van der Waals surface area contributed by atoms with Gasteiger partial charge in [-0.2, -0.15) is 11.8 Å². The summed E-state index contributed by atoms with van der Waals surface area (Å²) in [6, 6.07) is 0.438. The van der Waals surface area contributed by atoms with E-state index in [2.05, 4.69) is 42.7 Å². The van der Waals surface area contributed by atoms with Crippen LogP contribution in [0.5, 0.6) is 0 Å². The Bertz CT molecular complexity index is 157. The third-order valence-electron chi connectivity index (χ3n) is 1.55. The van der Waals surface area contributed by atoms with Crippen LogP contribution < -0.4 is 10.6 Å². The fourth-order valence-corrected chi connectivity index (χ4v) is 1.41. The minimum atomic E-state index is 0.438. The van der Waals surface area contributed by atoms with Crippen molar-refractivity contribution in [3.05, 3.63) is 0 Å². The summed E-state index contributed by atoms with van der Waals surface area (Å²) in [6.45, 7) is 8.15. The number of nitrogens with one attached hydrogen (secondary N) is 2. The topological polar surface area (TPSA) is 36.4 Å². The first-order chi connectivity index (χ1) is 6.70. The summed E-state index contributed by atoms with van der Waals surface area (Å²) in [5.74, 6) is 2.12. The van der Waals surface area contributed by atoms with Crippen LogP contribution in [0.25, 0.3) is 0 Å². The molecular weight excluding hydrogens is 194 g/mol. The highest BCUT2D eigenvalue weighted by Gasteiger charge is 1.97. The molecule has 0 aliphatic heterocycles. The molecule has 4 heteroatoms. The molecule has 0 spiro atoms. The lowest BCUT2D eigenvalue weighted by Crippen LogP contribution is -2.41. The Hall–Kier alpha value is -0.380. The number of rotatable bonds is 6. The van der Waals surface area contributed by atoms with Crippen LogP contribution in [0.2, 0.25) is 0 Å². The molecule has 0 aliphatic carbocycles.